The zero-order valence-corrected chi connectivity index (χ0v) is 16.5. The number of hydrogen-bond donors (Lipinski definition) is 0. The second kappa shape index (κ2) is 8.14. The molecule has 0 aliphatic carbocycles. The van der Waals surface area contributed by atoms with Gasteiger partial charge in [-0.15, -0.1) is 10.2 Å². The van der Waals surface area contributed by atoms with Crippen molar-refractivity contribution < 1.29 is 22.4 Å². The maximum Gasteiger partial charge on any atom is 0.417 e. The minimum absolute atomic E-state index is 0.154. The molecule has 1 saturated heterocycles. The predicted octanol–water partition coefficient (Wildman–Crippen LogP) is 5.38. The monoisotopic (exact) mass is 435 g/mol. The summed E-state index contributed by atoms with van der Waals surface area (Å²) in [5.74, 6) is -1.20. The third-order valence-electron chi connectivity index (χ3n) is 5.07. The van der Waals surface area contributed by atoms with Crippen LogP contribution in [0.2, 0.25) is 0 Å². The summed E-state index contributed by atoms with van der Waals surface area (Å²) >= 11 is 1.24. The van der Waals surface area contributed by atoms with E-state index in [-0.39, 0.29) is 18.0 Å². The van der Waals surface area contributed by atoms with Crippen LogP contribution in [0.15, 0.2) is 48.5 Å². The molecule has 4 rings (SSSR count). The van der Waals surface area contributed by atoms with Crippen molar-refractivity contribution in [2.75, 3.05) is 13.1 Å². The van der Waals surface area contributed by atoms with Crippen molar-refractivity contribution in [1.29, 1.82) is 0 Å². The Kier molecular flexibility index (Phi) is 5.55. The fourth-order valence-corrected chi connectivity index (χ4v) is 4.59. The van der Waals surface area contributed by atoms with Gasteiger partial charge in [0.1, 0.15) is 10.8 Å². The van der Waals surface area contributed by atoms with Gasteiger partial charge in [0.15, 0.2) is 5.01 Å². The van der Waals surface area contributed by atoms with Gasteiger partial charge in [0.2, 0.25) is 0 Å². The molecular weight excluding hydrogens is 418 g/mol. The second-order valence-electron chi connectivity index (χ2n) is 7.06. The Morgan fingerprint density at radius 3 is 2.57 bits per heavy atom. The Morgan fingerprint density at radius 2 is 1.80 bits per heavy atom. The average molecular weight is 435 g/mol. The molecule has 30 heavy (non-hydrogen) atoms. The van der Waals surface area contributed by atoms with Gasteiger partial charge in [0.25, 0.3) is 5.91 Å². The average Bonchev–Trinajstić information content (AvgIpc) is 3.23. The van der Waals surface area contributed by atoms with Gasteiger partial charge in [0, 0.05) is 24.6 Å². The molecule has 0 spiro atoms. The lowest BCUT2D eigenvalue weighted by atomic mass is 9.97. The number of carbonyl (C=O) groups is 1. The largest absolute Gasteiger partial charge is 0.417 e. The summed E-state index contributed by atoms with van der Waals surface area (Å²) in [6.07, 6.45) is -3.23. The first-order valence-corrected chi connectivity index (χ1v) is 10.2. The van der Waals surface area contributed by atoms with E-state index in [1.807, 2.05) is 0 Å². The highest BCUT2D eigenvalue weighted by molar-refractivity contribution is 7.14. The molecule has 0 N–H and O–H groups in total. The minimum Gasteiger partial charge on any atom is -0.338 e. The number of likely N-dealkylation sites (tertiary alicyclic amines) is 1. The highest BCUT2D eigenvalue weighted by atomic mass is 32.1. The van der Waals surface area contributed by atoms with Crippen LogP contribution in [0.4, 0.5) is 17.6 Å². The van der Waals surface area contributed by atoms with Crippen molar-refractivity contribution in [2.45, 2.75) is 24.9 Å². The number of nitrogens with zero attached hydrogens (tertiary/aromatic N) is 3. The maximum absolute atomic E-state index is 14.0. The van der Waals surface area contributed by atoms with Crippen LogP contribution in [-0.4, -0.2) is 34.1 Å². The third-order valence-corrected chi connectivity index (χ3v) is 6.18. The van der Waals surface area contributed by atoms with Crippen molar-refractivity contribution in [1.82, 2.24) is 15.1 Å². The molecule has 1 aliphatic heterocycles. The normalized spacial score (nSPS) is 17.2. The van der Waals surface area contributed by atoms with E-state index in [9.17, 15) is 22.4 Å². The molecule has 1 fully saturated rings. The first kappa shape index (κ1) is 20.5. The molecule has 4 nitrogen and oxygen atoms in total. The van der Waals surface area contributed by atoms with Gasteiger partial charge < -0.3 is 4.90 Å². The Bertz CT molecular complexity index is 1070. The second-order valence-corrected chi connectivity index (χ2v) is 8.07. The number of hydrogen-bond acceptors (Lipinski definition) is 4. The highest BCUT2D eigenvalue weighted by Crippen LogP contribution is 2.36. The first-order chi connectivity index (χ1) is 14.3. The number of alkyl halides is 3. The zero-order chi connectivity index (χ0) is 21.3. The summed E-state index contributed by atoms with van der Waals surface area (Å²) in [6, 6.07) is 11.1. The Hall–Kier alpha value is -2.81. The third kappa shape index (κ3) is 4.07. The van der Waals surface area contributed by atoms with Crippen LogP contribution in [0.3, 0.4) is 0 Å². The quantitative estimate of drug-likeness (QED) is 0.519. The predicted molar refractivity (Wildman–Crippen MR) is 105 cm³/mol. The van der Waals surface area contributed by atoms with E-state index >= 15 is 0 Å². The SMILES string of the molecule is O=C(c1ccccc1C(F)(F)F)N1CCC[C@@H](c2nnc(-c3ccccc3F)s2)C1. The molecule has 0 saturated carbocycles. The van der Waals surface area contributed by atoms with Crippen LogP contribution < -0.4 is 0 Å². The van der Waals surface area contributed by atoms with Gasteiger partial charge in [-0.1, -0.05) is 35.6 Å². The van der Waals surface area contributed by atoms with Crippen LogP contribution in [0, 0.1) is 5.82 Å². The van der Waals surface area contributed by atoms with Crippen molar-refractivity contribution in [3.8, 4) is 10.6 Å². The van der Waals surface area contributed by atoms with E-state index in [0.29, 0.717) is 28.5 Å². The molecule has 156 valence electrons. The number of rotatable bonds is 3. The van der Waals surface area contributed by atoms with E-state index < -0.39 is 23.5 Å². The lowest BCUT2D eigenvalue weighted by Crippen LogP contribution is -2.39. The first-order valence-electron chi connectivity index (χ1n) is 9.38. The molecule has 9 heteroatoms. The molecule has 2 heterocycles. The number of benzene rings is 2. The summed E-state index contributed by atoms with van der Waals surface area (Å²) < 4.78 is 53.9. The van der Waals surface area contributed by atoms with Crippen molar-refractivity contribution in [3.63, 3.8) is 0 Å². The van der Waals surface area contributed by atoms with Gasteiger partial charge in [-0.05, 0) is 37.1 Å². The van der Waals surface area contributed by atoms with E-state index in [1.54, 1.807) is 18.2 Å². The Morgan fingerprint density at radius 1 is 1.07 bits per heavy atom. The molecule has 3 aromatic rings. The molecule has 2 aromatic carbocycles. The van der Waals surface area contributed by atoms with Gasteiger partial charge in [-0.2, -0.15) is 13.2 Å². The van der Waals surface area contributed by atoms with E-state index in [0.717, 1.165) is 12.5 Å². The minimum atomic E-state index is -4.60. The fraction of sp³-hybridized carbons (Fsp3) is 0.286. The molecule has 0 bridgehead atoms. The van der Waals surface area contributed by atoms with Crippen molar-refractivity contribution >= 4 is 17.2 Å². The van der Waals surface area contributed by atoms with Crippen molar-refractivity contribution in [2.24, 2.45) is 0 Å². The molecule has 0 unspecified atom stereocenters. The summed E-state index contributed by atoms with van der Waals surface area (Å²) in [7, 11) is 0. The molecule has 1 aliphatic rings. The lowest BCUT2D eigenvalue weighted by Gasteiger charge is -2.32. The van der Waals surface area contributed by atoms with Gasteiger partial charge >= 0.3 is 6.18 Å². The van der Waals surface area contributed by atoms with E-state index in [1.165, 1.54) is 40.5 Å². The van der Waals surface area contributed by atoms with Crippen LogP contribution in [0.1, 0.15) is 39.7 Å². The van der Waals surface area contributed by atoms with Crippen LogP contribution in [0.25, 0.3) is 10.6 Å². The number of amides is 1. The molecule has 1 atom stereocenters. The Balaban J connectivity index is 1.55. The fourth-order valence-electron chi connectivity index (χ4n) is 3.59. The van der Waals surface area contributed by atoms with Gasteiger partial charge in [-0.25, -0.2) is 4.39 Å². The Labute approximate surface area is 174 Å². The number of aromatic nitrogens is 2. The van der Waals surface area contributed by atoms with E-state index in [2.05, 4.69) is 10.2 Å². The number of halogens is 4. The number of carbonyl (C=O) groups excluding carboxylic acids is 1. The summed E-state index contributed by atoms with van der Waals surface area (Å²) in [5, 5.41) is 9.32. The smallest absolute Gasteiger partial charge is 0.338 e. The zero-order valence-electron chi connectivity index (χ0n) is 15.7. The summed E-state index contributed by atoms with van der Waals surface area (Å²) in [4.78, 5) is 14.3. The standard InChI is InChI=1S/C21H17F4N3OS/c22-17-10-4-2-8-15(17)19-27-26-18(30-19)13-6-5-11-28(12-13)20(29)14-7-1-3-9-16(14)21(23,24)25/h1-4,7-10,13H,5-6,11-12H2/t13-/m1/s1. The molecule has 1 amide bonds. The highest BCUT2D eigenvalue weighted by Gasteiger charge is 2.37. The van der Waals surface area contributed by atoms with Crippen molar-refractivity contribution in [3.05, 3.63) is 70.5 Å². The number of piperidine rings is 1. The molecular formula is C21H17F4N3OS. The van der Waals surface area contributed by atoms with Crippen LogP contribution >= 0.6 is 11.3 Å². The maximum atomic E-state index is 14.0. The topological polar surface area (TPSA) is 46.1 Å². The molecule has 0 radical (unpaired) electrons. The van der Waals surface area contributed by atoms with E-state index in [4.69, 9.17) is 0 Å². The lowest BCUT2D eigenvalue weighted by molar-refractivity contribution is -0.138. The van der Waals surface area contributed by atoms with Crippen LogP contribution in [-0.2, 0) is 6.18 Å². The summed E-state index contributed by atoms with van der Waals surface area (Å²) in [6.45, 7) is 0.622. The molecule has 1 aromatic heterocycles. The van der Waals surface area contributed by atoms with Crippen LogP contribution in [0.5, 0.6) is 0 Å². The van der Waals surface area contributed by atoms with Gasteiger partial charge in [0.05, 0.1) is 11.1 Å². The summed E-state index contributed by atoms with van der Waals surface area (Å²) in [5.41, 5.74) is -0.936. The van der Waals surface area contributed by atoms with Gasteiger partial charge in [-0.3, -0.25) is 4.79 Å².